The molecule has 1 fully saturated rings. The monoisotopic (exact) mass is 626 g/mol. The van der Waals surface area contributed by atoms with Crippen molar-refractivity contribution < 1.29 is 61.2 Å². The van der Waals surface area contributed by atoms with Gasteiger partial charge in [0.15, 0.2) is 17.0 Å². The summed E-state index contributed by atoms with van der Waals surface area (Å²) in [7, 11) is -16.7. The number of ether oxygens (including phenoxy) is 1. The minimum atomic E-state index is -5.70. The first-order valence-electron chi connectivity index (χ1n) is 10.9. The summed E-state index contributed by atoms with van der Waals surface area (Å²) in [6.45, 7) is -0.789. The first-order valence-corrected chi connectivity index (χ1v) is 15.4. The van der Waals surface area contributed by atoms with Crippen molar-refractivity contribution in [3.8, 4) is 0 Å². The highest BCUT2D eigenvalue weighted by atomic mass is 31.3. The lowest BCUT2D eigenvalue weighted by Crippen LogP contribution is -2.26. The van der Waals surface area contributed by atoms with Crippen LogP contribution in [-0.4, -0.2) is 67.9 Å². The summed E-state index contributed by atoms with van der Waals surface area (Å²) in [6, 6.07) is 6.14. The fraction of sp³-hybridized carbons (Fsp3) is 0.353. The van der Waals surface area contributed by atoms with Crippen LogP contribution < -0.4 is 5.32 Å². The molecule has 3 heterocycles. The third kappa shape index (κ3) is 7.52. The van der Waals surface area contributed by atoms with Crippen molar-refractivity contribution in [2.24, 2.45) is 0 Å². The number of aliphatic hydroxyl groups excluding tert-OH is 1. The number of nitrogens with zero attached hydrogens (tertiary/aromatic N) is 5. The molecule has 218 valence electrons. The maximum Gasteiger partial charge on any atom is 0.490 e. The zero-order chi connectivity index (χ0) is 29.3. The number of nitro benzene ring substituents is 1. The van der Waals surface area contributed by atoms with Gasteiger partial charge in [-0.2, -0.15) is 8.62 Å². The highest BCUT2D eigenvalue weighted by Crippen LogP contribution is 2.66. The van der Waals surface area contributed by atoms with Crippen LogP contribution in [0.15, 0.2) is 36.9 Å². The van der Waals surface area contributed by atoms with E-state index >= 15 is 0 Å². The summed E-state index contributed by atoms with van der Waals surface area (Å²) in [4.78, 5) is 59.3. The zero-order valence-electron chi connectivity index (χ0n) is 19.8. The summed E-state index contributed by atoms with van der Waals surface area (Å²) < 4.78 is 53.0. The lowest BCUT2D eigenvalue weighted by atomic mass is 10.2. The van der Waals surface area contributed by atoms with Crippen molar-refractivity contribution in [3.05, 3.63) is 52.6 Å². The molecule has 0 amide bonds. The average Bonchev–Trinajstić information content (AvgIpc) is 3.42. The third-order valence-electron chi connectivity index (χ3n) is 5.33. The smallest absolute Gasteiger partial charge is 0.390 e. The molecule has 3 aromatic rings. The lowest BCUT2D eigenvalue weighted by molar-refractivity contribution is -0.385. The Morgan fingerprint density at radius 3 is 2.52 bits per heavy atom. The maximum atomic E-state index is 12.0. The average molecular weight is 626 g/mol. The molecule has 40 heavy (non-hydrogen) atoms. The number of hydrogen-bond acceptors (Lipinski definition) is 14. The number of fused-ring (bicyclic) bond motifs is 1. The Hall–Kier alpha value is -2.70. The van der Waals surface area contributed by atoms with Crippen LogP contribution in [0.5, 0.6) is 0 Å². The van der Waals surface area contributed by atoms with Gasteiger partial charge in [0.2, 0.25) is 0 Å². The second-order valence-corrected chi connectivity index (χ2v) is 12.5. The van der Waals surface area contributed by atoms with Gasteiger partial charge in [-0.15, -0.1) is 0 Å². The van der Waals surface area contributed by atoms with Gasteiger partial charge in [-0.25, -0.2) is 28.6 Å². The number of phosphoric ester groups is 1. The second-order valence-electron chi connectivity index (χ2n) is 8.10. The van der Waals surface area contributed by atoms with Crippen LogP contribution in [-0.2, 0) is 38.1 Å². The van der Waals surface area contributed by atoms with E-state index in [2.05, 4.69) is 33.4 Å². The molecule has 20 nitrogen and oxygen atoms in total. The number of benzene rings is 1. The molecule has 2 aromatic heterocycles. The van der Waals surface area contributed by atoms with Crippen molar-refractivity contribution in [1.82, 2.24) is 19.5 Å². The van der Waals surface area contributed by atoms with Crippen LogP contribution in [0, 0.1) is 10.1 Å². The number of anilines is 1. The Balaban J connectivity index is 1.42. The standard InChI is InChI=1S/C17H21N6O14P3/c24-12-5-14(35-13(12)7-34-39(30,31)37-40(32,33)36-38(27,28)29)22-9-21-15-16(19-8-20-17(15)22)18-6-10-3-1-2-4-11(10)23(25)26/h1-4,8-9,12-14,24H,5-7H2,(H,30,31)(H,32,33)(H,18,19,20)(H2,27,28,29)/t12-,13+,14+/m0/s1. The van der Waals surface area contributed by atoms with Gasteiger partial charge in [-0.3, -0.25) is 19.2 Å². The van der Waals surface area contributed by atoms with E-state index in [1.165, 1.54) is 23.3 Å². The molecule has 4 rings (SSSR count). The Morgan fingerprint density at radius 2 is 1.82 bits per heavy atom. The number of para-hydroxylation sites is 1. The summed E-state index contributed by atoms with van der Waals surface area (Å²) in [5, 5.41) is 24.6. The van der Waals surface area contributed by atoms with Crippen LogP contribution in [0.25, 0.3) is 11.2 Å². The summed E-state index contributed by atoms with van der Waals surface area (Å²) in [6.07, 6.45) is -0.970. The number of nitrogens with one attached hydrogen (secondary N) is 1. The molecule has 1 aliphatic rings. The van der Waals surface area contributed by atoms with Crippen molar-refractivity contribution in [3.63, 3.8) is 0 Å². The Bertz CT molecular complexity index is 1550. The fourth-order valence-electron chi connectivity index (χ4n) is 3.72. The number of nitro groups is 1. The second kappa shape index (κ2) is 11.7. The lowest BCUT2D eigenvalue weighted by Gasteiger charge is -2.19. The summed E-state index contributed by atoms with van der Waals surface area (Å²) in [5.74, 6) is 0.254. The highest BCUT2D eigenvalue weighted by molar-refractivity contribution is 7.66. The Kier molecular flexibility index (Phi) is 8.82. The largest absolute Gasteiger partial charge is 0.490 e. The molecular weight excluding hydrogens is 605 g/mol. The number of aliphatic hydroxyl groups is 1. The van der Waals surface area contributed by atoms with E-state index < -0.39 is 53.4 Å². The van der Waals surface area contributed by atoms with Gasteiger partial charge in [-0.05, 0) is 0 Å². The van der Waals surface area contributed by atoms with Gasteiger partial charge in [-0.1, -0.05) is 18.2 Å². The molecule has 1 saturated heterocycles. The van der Waals surface area contributed by atoms with Gasteiger partial charge >= 0.3 is 23.5 Å². The van der Waals surface area contributed by atoms with E-state index in [4.69, 9.17) is 14.5 Å². The van der Waals surface area contributed by atoms with Gasteiger partial charge in [0, 0.05) is 24.6 Å². The van der Waals surface area contributed by atoms with Crippen molar-refractivity contribution in [2.75, 3.05) is 11.9 Å². The molecule has 23 heteroatoms. The molecule has 2 unspecified atom stereocenters. The van der Waals surface area contributed by atoms with Crippen LogP contribution in [0.1, 0.15) is 18.2 Å². The van der Waals surface area contributed by atoms with E-state index in [9.17, 15) is 38.7 Å². The molecular formula is C17H21N6O14P3. The molecule has 0 saturated carbocycles. The SMILES string of the molecule is O=[N+]([O-])c1ccccc1CNc1ncnc2c1ncn2[C@H]1C[C@H](O)[C@@H](COP(=O)(O)OP(=O)(O)OP(=O)(O)O)O1. The van der Waals surface area contributed by atoms with Gasteiger partial charge in [0.05, 0.1) is 24.0 Å². The Labute approximate surface area is 223 Å². The van der Waals surface area contributed by atoms with Crippen LogP contribution in [0.3, 0.4) is 0 Å². The molecule has 0 bridgehead atoms. The normalized spacial score (nSPS) is 22.6. The number of aromatic nitrogens is 4. The Morgan fingerprint density at radius 1 is 1.10 bits per heavy atom. The van der Waals surface area contributed by atoms with Gasteiger partial charge < -0.3 is 34.7 Å². The van der Waals surface area contributed by atoms with Gasteiger partial charge in [0.25, 0.3) is 5.69 Å². The molecule has 6 N–H and O–H groups in total. The summed E-state index contributed by atoms with van der Waals surface area (Å²) >= 11 is 0. The third-order valence-corrected chi connectivity index (χ3v) is 9.13. The number of rotatable bonds is 12. The number of phosphoric acid groups is 3. The zero-order valence-corrected chi connectivity index (χ0v) is 22.5. The van der Waals surface area contributed by atoms with Crippen LogP contribution in [0.2, 0.25) is 0 Å². The topological polar surface area (TPSA) is 288 Å². The van der Waals surface area contributed by atoms with Gasteiger partial charge in [0.1, 0.15) is 18.7 Å². The van der Waals surface area contributed by atoms with Crippen molar-refractivity contribution in [2.45, 2.75) is 31.4 Å². The molecule has 1 aliphatic heterocycles. The van der Waals surface area contributed by atoms with E-state index in [1.54, 1.807) is 18.2 Å². The van der Waals surface area contributed by atoms with Crippen molar-refractivity contribution >= 4 is 46.1 Å². The van der Waals surface area contributed by atoms with Crippen LogP contribution >= 0.6 is 23.5 Å². The van der Waals surface area contributed by atoms with E-state index in [0.717, 1.165) is 0 Å². The molecule has 1 aromatic carbocycles. The molecule has 0 radical (unpaired) electrons. The van der Waals surface area contributed by atoms with E-state index in [-0.39, 0.29) is 35.6 Å². The quantitative estimate of drug-likeness (QED) is 0.0939. The fourth-order valence-corrected chi connectivity index (χ4v) is 6.75. The predicted molar refractivity (Wildman–Crippen MR) is 130 cm³/mol. The molecule has 0 aliphatic carbocycles. The first kappa shape index (κ1) is 30.3. The maximum absolute atomic E-state index is 12.0. The highest BCUT2D eigenvalue weighted by Gasteiger charge is 2.43. The predicted octanol–water partition coefficient (Wildman–Crippen LogP) is 1.34. The molecule has 5 atom stereocenters. The van der Waals surface area contributed by atoms with E-state index in [1.807, 2.05) is 0 Å². The van der Waals surface area contributed by atoms with Crippen molar-refractivity contribution in [1.29, 1.82) is 0 Å². The minimum absolute atomic E-state index is 0.0530. The van der Waals surface area contributed by atoms with Crippen LogP contribution in [0.4, 0.5) is 11.5 Å². The number of hydrogen-bond donors (Lipinski definition) is 6. The molecule has 0 spiro atoms. The summed E-state index contributed by atoms with van der Waals surface area (Å²) in [5.41, 5.74) is 0.850. The van der Waals surface area contributed by atoms with E-state index in [0.29, 0.717) is 5.56 Å². The number of imidazole rings is 1. The minimum Gasteiger partial charge on any atom is -0.390 e. The first-order chi connectivity index (χ1) is 18.6.